The third kappa shape index (κ3) is 2.79. The van der Waals surface area contributed by atoms with Crippen LogP contribution >= 0.6 is 0 Å². The lowest BCUT2D eigenvalue weighted by molar-refractivity contribution is 0.315. The molecule has 0 unspecified atom stereocenters. The average Bonchev–Trinajstić information content (AvgIpc) is 2.78. The van der Waals surface area contributed by atoms with Crippen molar-refractivity contribution in [1.82, 2.24) is 4.90 Å². The smallest absolute Gasteiger partial charge is 0.0370 e. The van der Waals surface area contributed by atoms with Gasteiger partial charge in [0.15, 0.2) is 0 Å². The third-order valence-corrected chi connectivity index (χ3v) is 3.65. The molecule has 0 saturated carbocycles. The van der Waals surface area contributed by atoms with E-state index in [1.807, 2.05) is 6.92 Å². The number of rotatable bonds is 3. The highest BCUT2D eigenvalue weighted by Crippen LogP contribution is 2.24. The number of likely N-dealkylation sites (N-methyl/N-ethyl adjacent to an activating group) is 1. The maximum Gasteiger partial charge on any atom is 0.0370 e. The zero-order valence-electron chi connectivity index (χ0n) is 11.1. The summed E-state index contributed by atoms with van der Waals surface area (Å²) >= 11 is 0. The molecule has 0 aromatic heterocycles. The number of nitrogens with two attached hydrogens (primary N) is 1. The topological polar surface area (TPSA) is 32.5 Å². The molecule has 1 aromatic rings. The Morgan fingerprint density at radius 2 is 2.18 bits per heavy atom. The van der Waals surface area contributed by atoms with E-state index in [-0.39, 0.29) is 6.04 Å². The van der Waals surface area contributed by atoms with Crippen LogP contribution in [0, 0.1) is 0 Å². The van der Waals surface area contributed by atoms with Gasteiger partial charge in [-0.1, -0.05) is 12.1 Å². The Hall–Kier alpha value is -1.06. The van der Waals surface area contributed by atoms with Gasteiger partial charge in [0.25, 0.3) is 0 Å². The largest absolute Gasteiger partial charge is 0.370 e. The summed E-state index contributed by atoms with van der Waals surface area (Å²) in [5.74, 6) is 0. The van der Waals surface area contributed by atoms with Crippen molar-refractivity contribution in [2.24, 2.45) is 5.73 Å². The lowest BCUT2D eigenvalue weighted by Gasteiger charge is -2.22. The van der Waals surface area contributed by atoms with Crippen molar-refractivity contribution in [1.29, 1.82) is 0 Å². The van der Waals surface area contributed by atoms with Crippen LogP contribution in [-0.4, -0.2) is 38.1 Å². The van der Waals surface area contributed by atoms with Crippen LogP contribution in [0.2, 0.25) is 0 Å². The van der Waals surface area contributed by atoms with Gasteiger partial charge in [0, 0.05) is 30.9 Å². The van der Waals surface area contributed by atoms with E-state index in [0.717, 1.165) is 13.1 Å². The number of anilines is 1. The molecule has 2 N–H and O–H groups in total. The van der Waals surface area contributed by atoms with Crippen LogP contribution in [0.15, 0.2) is 24.3 Å². The van der Waals surface area contributed by atoms with Crippen LogP contribution in [0.3, 0.4) is 0 Å². The molecule has 2 rings (SSSR count). The third-order valence-electron chi connectivity index (χ3n) is 3.65. The molecule has 1 aromatic carbocycles. The molecular formula is C14H23N3. The average molecular weight is 233 g/mol. The maximum atomic E-state index is 5.93. The summed E-state index contributed by atoms with van der Waals surface area (Å²) in [5.41, 5.74) is 8.46. The van der Waals surface area contributed by atoms with Crippen molar-refractivity contribution >= 4 is 5.69 Å². The minimum absolute atomic E-state index is 0.113. The summed E-state index contributed by atoms with van der Waals surface area (Å²) in [6.45, 7) is 4.30. The van der Waals surface area contributed by atoms with Gasteiger partial charge in [-0.25, -0.2) is 0 Å². The quantitative estimate of drug-likeness (QED) is 0.864. The molecule has 3 heteroatoms. The monoisotopic (exact) mass is 233 g/mol. The fraction of sp³-hybridized carbons (Fsp3) is 0.571. The number of benzene rings is 1. The highest BCUT2D eigenvalue weighted by Gasteiger charge is 2.24. The maximum absolute atomic E-state index is 5.93. The SMILES string of the molecule is C[C@H](N)c1cccc(N2CC[C@@H](N(C)C)C2)c1. The summed E-state index contributed by atoms with van der Waals surface area (Å²) in [6.07, 6.45) is 1.25. The van der Waals surface area contributed by atoms with Gasteiger partial charge in [-0.2, -0.15) is 0 Å². The fourth-order valence-corrected chi connectivity index (χ4v) is 2.40. The molecule has 1 saturated heterocycles. The number of nitrogens with zero attached hydrogens (tertiary/aromatic N) is 2. The van der Waals surface area contributed by atoms with Crippen molar-refractivity contribution in [3.8, 4) is 0 Å². The van der Waals surface area contributed by atoms with Gasteiger partial charge in [-0.05, 0) is 45.1 Å². The number of hydrogen-bond acceptors (Lipinski definition) is 3. The normalized spacial score (nSPS) is 22.2. The van der Waals surface area contributed by atoms with E-state index in [9.17, 15) is 0 Å². The lowest BCUT2D eigenvalue weighted by atomic mass is 10.1. The molecule has 0 radical (unpaired) electrons. The van der Waals surface area contributed by atoms with Crippen molar-refractivity contribution in [3.63, 3.8) is 0 Å². The van der Waals surface area contributed by atoms with Crippen LogP contribution < -0.4 is 10.6 Å². The van der Waals surface area contributed by atoms with Crippen molar-refractivity contribution in [2.45, 2.75) is 25.4 Å². The second kappa shape index (κ2) is 5.07. The number of hydrogen-bond donors (Lipinski definition) is 1. The molecule has 1 heterocycles. The molecule has 17 heavy (non-hydrogen) atoms. The molecule has 1 fully saturated rings. The molecule has 0 amide bonds. The zero-order chi connectivity index (χ0) is 12.4. The molecule has 3 nitrogen and oxygen atoms in total. The highest BCUT2D eigenvalue weighted by atomic mass is 15.2. The second-order valence-electron chi connectivity index (χ2n) is 5.24. The highest BCUT2D eigenvalue weighted by molar-refractivity contribution is 5.50. The van der Waals surface area contributed by atoms with E-state index in [2.05, 4.69) is 48.2 Å². The van der Waals surface area contributed by atoms with Gasteiger partial charge in [0.1, 0.15) is 0 Å². The Labute approximate surface area is 104 Å². The molecule has 0 aliphatic carbocycles. The summed E-state index contributed by atoms with van der Waals surface area (Å²) in [5, 5.41) is 0. The molecule has 1 aliphatic heterocycles. The Balaban J connectivity index is 2.11. The summed E-state index contributed by atoms with van der Waals surface area (Å²) in [6, 6.07) is 9.41. The van der Waals surface area contributed by atoms with Gasteiger partial charge >= 0.3 is 0 Å². The summed E-state index contributed by atoms with van der Waals surface area (Å²) in [7, 11) is 4.32. The van der Waals surface area contributed by atoms with Crippen molar-refractivity contribution < 1.29 is 0 Å². The predicted molar refractivity (Wildman–Crippen MR) is 73.3 cm³/mol. The Bertz CT molecular complexity index is 373. The van der Waals surface area contributed by atoms with E-state index in [1.54, 1.807) is 0 Å². The van der Waals surface area contributed by atoms with Gasteiger partial charge in [-0.15, -0.1) is 0 Å². The fourth-order valence-electron chi connectivity index (χ4n) is 2.40. The molecule has 0 bridgehead atoms. The van der Waals surface area contributed by atoms with Crippen molar-refractivity contribution in [2.75, 3.05) is 32.1 Å². The first-order valence-electron chi connectivity index (χ1n) is 6.35. The first kappa shape index (κ1) is 12.4. The van der Waals surface area contributed by atoms with E-state index >= 15 is 0 Å². The van der Waals surface area contributed by atoms with E-state index in [0.29, 0.717) is 6.04 Å². The van der Waals surface area contributed by atoms with Crippen molar-refractivity contribution in [3.05, 3.63) is 29.8 Å². The van der Waals surface area contributed by atoms with Gasteiger partial charge in [0.2, 0.25) is 0 Å². The van der Waals surface area contributed by atoms with E-state index in [1.165, 1.54) is 17.7 Å². The van der Waals surface area contributed by atoms with E-state index in [4.69, 9.17) is 5.73 Å². The minimum atomic E-state index is 0.113. The molecule has 94 valence electrons. The van der Waals surface area contributed by atoms with Crippen LogP contribution in [-0.2, 0) is 0 Å². The Morgan fingerprint density at radius 3 is 2.76 bits per heavy atom. The summed E-state index contributed by atoms with van der Waals surface area (Å²) < 4.78 is 0. The molecule has 1 aliphatic rings. The van der Waals surface area contributed by atoms with Crippen LogP contribution in [0.1, 0.15) is 24.9 Å². The molecule has 2 atom stereocenters. The Kier molecular flexibility index (Phi) is 3.69. The Morgan fingerprint density at radius 1 is 1.41 bits per heavy atom. The predicted octanol–water partition coefficient (Wildman–Crippen LogP) is 1.85. The van der Waals surface area contributed by atoms with Crippen LogP contribution in [0.5, 0.6) is 0 Å². The molecular weight excluding hydrogens is 210 g/mol. The molecule has 0 spiro atoms. The van der Waals surface area contributed by atoms with E-state index < -0.39 is 0 Å². The van der Waals surface area contributed by atoms with Gasteiger partial charge in [-0.3, -0.25) is 0 Å². The summed E-state index contributed by atoms with van der Waals surface area (Å²) in [4.78, 5) is 4.77. The lowest BCUT2D eigenvalue weighted by Crippen LogP contribution is -2.31. The first-order chi connectivity index (χ1) is 8.08. The first-order valence-corrected chi connectivity index (χ1v) is 6.35. The van der Waals surface area contributed by atoms with Gasteiger partial charge < -0.3 is 15.5 Å². The standard InChI is InChI=1S/C14H23N3/c1-11(15)12-5-4-6-13(9-12)17-8-7-14(10-17)16(2)3/h4-6,9,11,14H,7-8,10,15H2,1-3H3/t11-,14+/m0/s1. The second-order valence-corrected chi connectivity index (χ2v) is 5.24. The zero-order valence-corrected chi connectivity index (χ0v) is 11.1. The van der Waals surface area contributed by atoms with Gasteiger partial charge in [0.05, 0.1) is 0 Å². The minimum Gasteiger partial charge on any atom is -0.370 e. The van der Waals surface area contributed by atoms with Crippen LogP contribution in [0.25, 0.3) is 0 Å². The van der Waals surface area contributed by atoms with Crippen LogP contribution in [0.4, 0.5) is 5.69 Å².